The molecule has 1 aliphatic heterocycles. The number of hydrogen-bond acceptors (Lipinski definition) is 4. The van der Waals surface area contributed by atoms with Gasteiger partial charge in [-0.05, 0) is 70.4 Å². The van der Waals surface area contributed by atoms with Crippen LogP contribution in [-0.2, 0) is 0 Å². The Bertz CT molecular complexity index is 714. The van der Waals surface area contributed by atoms with Crippen LogP contribution in [0, 0.1) is 0 Å². The van der Waals surface area contributed by atoms with Crippen molar-refractivity contribution in [2.45, 2.75) is 44.1 Å². The van der Waals surface area contributed by atoms with Gasteiger partial charge in [0.25, 0.3) is 5.91 Å². The summed E-state index contributed by atoms with van der Waals surface area (Å²) in [5.74, 6) is 0.640. The topological polar surface area (TPSA) is 45.2 Å². The molecule has 0 radical (unpaired) electrons. The Morgan fingerprint density at radius 3 is 2.74 bits per heavy atom. The van der Waals surface area contributed by atoms with Crippen LogP contribution in [0.4, 0.5) is 0 Å². The van der Waals surface area contributed by atoms with E-state index < -0.39 is 0 Å². The predicted molar refractivity (Wildman–Crippen MR) is 94.2 cm³/mol. The van der Waals surface area contributed by atoms with Gasteiger partial charge in [-0.3, -0.25) is 4.79 Å². The van der Waals surface area contributed by atoms with E-state index in [0.717, 1.165) is 41.7 Å². The second-order valence-corrected chi connectivity index (χ2v) is 7.98. The molecular formula is C18H23N3OS. The number of benzene rings is 1. The monoisotopic (exact) mass is 329 g/mol. The molecule has 2 fully saturated rings. The number of nitrogens with one attached hydrogen (secondary N) is 1. The Hall–Kier alpha value is -1.46. The van der Waals surface area contributed by atoms with Crippen molar-refractivity contribution in [1.29, 1.82) is 0 Å². The third kappa shape index (κ3) is 3.12. The van der Waals surface area contributed by atoms with E-state index in [4.69, 9.17) is 4.98 Å². The molecule has 122 valence electrons. The van der Waals surface area contributed by atoms with E-state index in [0.29, 0.717) is 12.0 Å². The Kier molecular flexibility index (Phi) is 4.07. The zero-order chi connectivity index (χ0) is 15.8. The molecule has 1 aromatic carbocycles. The number of carbonyl (C=O) groups excluding carboxylic acids is 1. The van der Waals surface area contributed by atoms with Gasteiger partial charge >= 0.3 is 0 Å². The fraction of sp³-hybridized carbons (Fsp3) is 0.556. The summed E-state index contributed by atoms with van der Waals surface area (Å²) in [5.41, 5.74) is 1.80. The average molecular weight is 329 g/mol. The molecule has 23 heavy (non-hydrogen) atoms. The molecule has 2 aromatic rings. The highest BCUT2D eigenvalue weighted by Crippen LogP contribution is 2.34. The number of nitrogens with zero attached hydrogens (tertiary/aromatic N) is 2. The molecule has 2 heterocycles. The zero-order valence-corrected chi connectivity index (χ0v) is 14.4. The third-order valence-electron chi connectivity index (χ3n) is 5.18. The van der Waals surface area contributed by atoms with Gasteiger partial charge in [-0.15, -0.1) is 11.3 Å². The molecule has 5 heteroatoms. The minimum atomic E-state index is 0.0610. The number of amides is 1. The van der Waals surface area contributed by atoms with E-state index in [2.05, 4.69) is 17.3 Å². The van der Waals surface area contributed by atoms with Crippen molar-refractivity contribution in [1.82, 2.24) is 15.2 Å². The van der Waals surface area contributed by atoms with E-state index in [1.807, 2.05) is 18.2 Å². The molecule has 1 aromatic heterocycles. The molecule has 1 saturated heterocycles. The van der Waals surface area contributed by atoms with Crippen LogP contribution in [0.5, 0.6) is 0 Å². The average Bonchev–Trinajstić information content (AvgIpc) is 2.94. The van der Waals surface area contributed by atoms with Crippen LogP contribution in [0.3, 0.4) is 0 Å². The van der Waals surface area contributed by atoms with Gasteiger partial charge < -0.3 is 10.2 Å². The predicted octanol–water partition coefficient (Wildman–Crippen LogP) is 3.39. The maximum absolute atomic E-state index is 12.3. The van der Waals surface area contributed by atoms with Crippen molar-refractivity contribution in [3.8, 4) is 0 Å². The summed E-state index contributed by atoms with van der Waals surface area (Å²) >= 11 is 1.77. The van der Waals surface area contributed by atoms with Gasteiger partial charge in [-0.1, -0.05) is 0 Å². The van der Waals surface area contributed by atoms with Crippen molar-refractivity contribution in [3.05, 3.63) is 28.8 Å². The van der Waals surface area contributed by atoms with Crippen LogP contribution in [0.1, 0.15) is 53.4 Å². The summed E-state index contributed by atoms with van der Waals surface area (Å²) in [7, 11) is 2.18. The standard InChI is InChI=1S/C18H23N3OS/c1-21-9-7-12(8-10-21)18-20-15-6-5-13(11-16(15)23-18)17(22)19-14-3-2-4-14/h5-6,11-12,14H,2-4,7-10H2,1H3,(H,19,22). The van der Waals surface area contributed by atoms with E-state index in [9.17, 15) is 4.79 Å². The Labute approximate surface area is 140 Å². The van der Waals surface area contributed by atoms with E-state index >= 15 is 0 Å². The van der Waals surface area contributed by atoms with Crippen LogP contribution in [0.25, 0.3) is 10.2 Å². The SMILES string of the molecule is CN1CCC(c2nc3ccc(C(=O)NC4CCC4)cc3s2)CC1. The quantitative estimate of drug-likeness (QED) is 0.939. The first kappa shape index (κ1) is 15.1. The Balaban J connectivity index is 1.53. The maximum atomic E-state index is 12.3. The second-order valence-electron chi connectivity index (χ2n) is 6.91. The maximum Gasteiger partial charge on any atom is 0.251 e. The van der Waals surface area contributed by atoms with Gasteiger partial charge in [0.15, 0.2) is 0 Å². The summed E-state index contributed by atoms with van der Waals surface area (Å²) in [6.45, 7) is 2.30. The van der Waals surface area contributed by atoms with Gasteiger partial charge in [0.1, 0.15) is 0 Å². The Morgan fingerprint density at radius 1 is 1.26 bits per heavy atom. The van der Waals surface area contributed by atoms with Crippen LogP contribution >= 0.6 is 11.3 Å². The lowest BCUT2D eigenvalue weighted by molar-refractivity contribution is 0.0917. The molecule has 0 spiro atoms. The molecule has 0 unspecified atom stereocenters. The minimum Gasteiger partial charge on any atom is -0.349 e. The first-order valence-corrected chi connectivity index (χ1v) is 9.40. The van der Waals surface area contributed by atoms with Gasteiger partial charge in [0.05, 0.1) is 15.2 Å². The number of carbonyl (C=O) groups is 1. The minimum absolute atomic E-state index is 0.0610. The number of likely N-dealkylation sites (tertiary alicyclic amines) is 1. The largest absolute Gasteiger partial charge is 0.349 e. The molecular weight excluding hydrogens is 306 g/mol. The summed E-state index contributed by atoms with van der Waals surface area (Å²) in [6.07, 6.45) is 5.85. The molecule has 2 aliphatic rings. The van der Waals surface area contributed by atoms with Crippen LogP contribution < -0.4 is 5.32 Å². The van der Waals surface area contributed by atoms with Gasteiger partial charge in [-0.2, -0.15) is 0 Å². The van der Waals surface area contributed by atoms with Crippen molar-refractivity contribution in [2.75, 3.05) is 20.1 Å². The third-order valence-corrected chi connectivity index (χ3v) is 6.36. The molecule has 4 rings (SSSR count). The fourth-order valence-electron chi connectivity index (χ4n) is 3.34. The van der Waals surface area contributed by atoms with E-state index in [-0.39, 0.29) is 5.91 Å². The summed E-state index contributed by atoms with van der Waals surface area (Å²) in [6, 6.07) is 6.31. The molecule has 1 saturated carbocycles. The lowest BCUT2D eigenvalue weighted by Gasteiger charge is -2.27. The summed E-state index contributed by atoms with van der Waals surface area (Å²) in [5, 5.41) is 4.35. The first-order valence-electron chi connectivity index (χ1n) is 8.59. The molecule has 0 bridgehead atoms. The van der Waals surface area contributed by atoms with Gasteiger partial charge in [-0.25, -0.2) is 4.98 Å². The summed E-state index contributed by atoms with van der Waals surface area (Å²) in [4.78, 5) is 19.5. The van der Waals surface area contributed by atoms with Crippen molar-refractivity contribution < 1.29 is 4.79 Å². The number of thiazole rings is 1. The molecule has 1 amide bonds. The highest BCUT2D eigenvalue weighted by atomic mass is 32.1. The van der Waals surface area contributed by atoms with Crippen molar-refractivity contribution in [2.24, 2.45) is 0 Å². The van der Waals surface area contributed by atoms with Crippen LogP contribution in [0.2, 0.25) is 0 Å². The number of piperidine rings is 1. The van der Waals surface area contributed by atoms with Crippen molar-refractivity contribution in [3.63, 3.8) is 0 Å². The van der Waals surface area contributed by atoms with E-state index in [1.165, 1.54) is 24.3 Å². The summed E-state index contributed by atoms with van der Waals surface area (Å²) < 4.78 is 1.14. The zero-order valence-electron chi connectivity index (χ0n) is 13.5. The van der Waals surface area contributed by atoms with E-state index in [1.54, 1.807) is 11.3 Å². The number of rotatable bonds is 3. The van der Waals surface area contributed by atoms with Crippen LogP contribution in [-0.4, -0.2) is 42.0 Å². The number of hydrogen-bond donors (Lipinski definition) is 1. The first-order chi connectivity index (χ1) is 11.2. The lowest BCUT2D eigenvalue weighted by atomic mass is 9.93. The molecule has 4 nitrogen and oxygen atoms in total. The lowest BCUT2D eigenvalue weighted by Crippen LogP contribution is -2.39. The smallest absolute Gasteiger partial charge is 0.251 e. The second kappa shape index (κ2) is 6.21. The van der Waals surface area contributed by atoms with Crippen LogP contribution in [0.15, 0.2) is 18.2 Å². The van der Waals surface area contributed by atoms with Crippen molar-refractivity contribution >= 4 is 27.5 Å². The molecule has 1 N–H and O–H groups in total. The highest BCUT2D eigenvalue weighted by Gasteiger charge is 2.23. The number of aromatic nitrogens is 1. The molecule has 0 atom stereocenters. The normalized spacial score (nSPS) is 20.6. The fourth-order valence-corrected chi connectivity index (χ4v) is 4.51. The molecule has 1 aliphatic carbocycles. The van der Waals surface area contributed by atoms with Gasteiger partial charge in [0.2, 0.25) is 0 Å². The van der Waals surface area contributed by atoms with Gasteiger partial charge in [0, 0.05) is 17.5 Å². The Morgan fingerprint density at radius 2 is 2.04 bits per heavy atom. The highest BCUT2D eigenvalue weighted by molar-refractivity contribution is 7.18. The number of fused-ring (bicyclic) bond motifs is 1.